The van der Waals surface area contributed by atoms with Crippen LogP contribution in [0.4, 0.5) is 0 Å². The van der Waals surface area contributed by atoms with E-state index in [0.29, 0.717) is 24.3 Å². The van der Waals surface area contributed by atoms with Gasteiger partial charge in [-0.1, -0.05) is 13.8 Å². The first kappa shape index (κ1) is 28.4. The number of carbonyl (C=O) groups is 4. The zero-order chi connectivity index (χ0) is 25.0. The molecule has 1 rings (SSSR count). The summed E-state index contributed by atoms with van der Waals surface area (Å²) in [4.78, 5) is 56.1. The van der Waals surface area contributed by atoms with Crippen LogP contribution in [0.25, 0.3) is 0 Å². The lowest BCUT2D eigenvalue weighted by Crippen LogP contribution is -2.58. The number of aliphatic carboxylic acids is 1. The third-order valence-electron chi connectivity index (χ3n) is 4.71. The number of aliphatic hydroxyl groups excluding tert-OH is 1. The van der Waals surface area contributed by atoms with Crippen LogP contribution in [-0.2, 0) is 25.6 Å². The van der Waals surface area contributed by atoms with Gasteiger partial charge < -0.3 is 36.9 Å². The molecule has 0 saturated heterocycles. The molecule has 4 atom stereocenters. The Balaban J connectivity index is 2.99. The van der Waals surface area contributed by atoms with E-state index in [0.717, 1.165) is 0 Å². The van der Waals surface area contributed by atoms with Crippen molar-refractivity contribution < 1.29 is 29.4 Å². The van der Waals surface area contributed by atoms with Crippen LogP contribution < -0.4 is 21.7 Å². The van der Waals surface area contributed by atoms with Crippen LogP contribution in [-0.4, -0.2) is 86.7 Å². The Labute approximate surface area is 196 Å². The number of nitrogens with two attached hydrogens (primary N) is 1. The molecule has 1 aromatic rings. The standard InChI is InChI=1S/C20H34N6O6S/c1-11(2)6-13(21)17(28)24-14(4-5-33-3)18(29)25-15(7-12-8-22-10-23-12)19(30)26-16(9-27)20(31)32/h8,10-11,13-16,27H,4-7,9,21H2,1-3H3,(H,22,23)(H,24,28)(H,25,29)(H,26,30)(H,31,32). The van der Waals surface area contributed by atoms with Crippen LogP contribution in [0.5, 0.6) is 0 Å². The summed E-state index contributed by atoms with van der Waals surface area (Å²) in [5, 5.41) is 25.7. The number of aliphatic hydroxyl groups is 1. The topological polar surface area (TPSA) is 200 Å². The first-order valence-corrected chi connectivity index (χ1v) is 11.9. The molecule has 0 bridgehead atoms. The second kappa shape index (κ2) is 14.5. The van der Waals surface area contributed by atoms with Gasteiger partial charge in [0.1, 0.15) is 18.1 Å². The number of aromatic nitrogens is 2. The molecule has 0 aliphatic heterocycles. The third kappa shape index (κ3) is 10.2. The van der Waals surface area contributed by atoms with E-state index in [-0.39, 0.29) is 12.3 Å². The molecule has 8 N–H and O–H groups in total. The highest BCUT2D eigenvalue weighted by Gasteiger charge is 2.30. The number of carboxylic acid groups (broad SMARTS) is 1. The van der Waals surface area contributed by atoms with E-state index in [1.807, 2.05) is 20.1 Å². The fourth-order valence-corrected chi connectivity index (χ4v) is 3.43. The number of carbonyl (C=O) groups excluding carboxylic acids is 3. The van der Waals surface area contributed by atoms with Crippen molar-refractivity contribution in [1.82, 2.24) is 25.9 Å². The Morgan fingerprint density at radius 3 is 2.21 bits per heavy atom. The molecule has 186 valence electrons. The number of aromatic amines is 1. The number of carboxylic acids is 1. The highest BCUT2D eigenvalue weighted by atomic mass is 32.2. The molecule has 3 amide bonds. The number of thioether (sulfide) groups is 1. The summed E-state index contributed by atoms with van der Waals surface area (Å²) < 4.78 is 0. The van der Waals surface area contributed by atoms with Crippen molar-refractivity contribution in [1.29, 1.82) is 0 Å². The van der Waals surface area contributed by atoms with Gasteiger partial charge in [0.25, 0.3) is 0 Å². The lowest BCUT2D eigenvalue weighted by Gasteiger charge is -2.25. The summed E-state index contributed by atoms with van der Waals surface area (Å²) in [6.07, 6.45) is 5.47. The van der Waals surface area contributed by atoms with Crippen molar-refractivity contribution in [3.8, 4) is 0 Å². The number of imidazole rings is 1. The third-order valence-corrected chi connectivity index (χ3v) is 5.36. The molecule has 0 radical (unpaired) electrons. The van der Waals surface area contributed by atoms with Gasteiger partial charge in [-0.2, -0.15) is 11.8 Å². The maximum Gasteiger partial charge on any atom is 0.328 e. The summed E-state index contributed by atoms with van der Waals surface area (Å²) in [6, 6.07) is -4.42. The zero-order valence-corrected chi connectivity index (χ0v) is 19.9. The first-order valence-electron chi connectivity index (χ1n) is 10.6. The maximum atomic E-state index is 13.0. The molecule has 1 aromatic heterocycles. The molecule has 12 nitrogen and oxygen atoms in total. The molecule has 0 saturated carbocycles. The number of hydrogen-bond acceptors (Lipinski definition) is 8. The Hall–Kier alpha value is -2.64. The van der Waals surface area contributed by atoms with Gasteiger partial charge >= 0.3 is 5.97 Å². The van der Waals surface area contributed by atoms with Gasteiger partial charge in [0.05, 0.1) is 19.0 Å². The van der Waals surface area contributed by atoms with E-state index in [9.17, 15) is 24.3 Å². The van der Waals surface area contributed by atoms with Crippen LogP contribution >= 0.6 is 11.8 Å². The highest BCUT2D eigenvalue weighted by molar-refractivity contribution is 7.98. The molecular formula is C20H34N6O6S. The van der Waals surface area contributed by atoms with Crippen molar-refractivity contribution >= 4 is 35.5 Å². The SMILES string of the molecule is CSCCC(NC(=O)C(N)CC(C)C)C(=O)NC(Cc1cnc[nH]1)C(=O)NC(CO)C(=O)O. The fourth-order valence-electron chi connectivity index (χ4n) is 2.95. The molecule has 0 aromatic carbocycles. The quantitative estimate of drug-likeness (QED) is 0.156. The predicted octanol–water partition coefficient (Wildman–Crippen LogP) is -1.39. The van der Waals surface area contributed by atoms with E-state index >= 15 is 0 Å². The average Bonchev–Trinajstić information content (AvgIpc) is 3.26. The number of H-pyrrole nitrogens is 1. The molecule has 0 spiro atoms. The first-order chi connectivity index (χ1) is 15.6. The van der Waals surface area contributed by atoms with E-state index in [4.69, 9.17) is 10.8 Å². The molecule has 4 unspecified atom stereocenters. The van der Waals surface area contributed by atoms with Crippen molar-refractivity contribution in [3.05, 3.63) is 18.2 Å². The number of amides is 3. The molecule has 0 aliphatic rings. The second-order valence-corrected chi connectivity index (χ2v) is 8.99. The van der Waals surface area contributed by atoms with E-state index in [1.54, 1.807) is 0 Å². The van der Waals surface area contributed by atoms with Crippen LogP contribution in [0, 0.1) is 5.92 Å². The van der Waals surface area contributed by atoms with Crippen molar-refractivity contribution in [2.24, 2.45) is 11.7 Å². The molecule has 33 heavy (non-hydrogen) atoms. The summed E-state index contributed by atoms with van der Waals surface area (Å²) in [5.74, 6) is -2.52. The van der Waals surface area contributed by atoms with Crippen molar-refractivity contribution in [2.75, 3.05) is 18.6 Å². The minimum atomic E-state index is -1.53. The molecule has 0 aliphatic carbocycles. The van der Waals surface area contributed by atoms with E-state index in [1.165, 1.54) is 24.3 Å². The van der Waals surface area contributed by atoms with Gasteiger partial charge in [-0.15, -0.1) is 0 Å². The minimum Gasteiger partial charge on any atom is -0.480 e. The fraction of sp³-hybridized carbons (Fsp3) is 0.650. The van der Waals surface area contributed by atoms with Gasteiger partial charge in [0.2, 0.25) is 17.7 Å². The molecule has 13 heteroatoms. The average molecular weight is 487 g/mol. The second-order valence-electron chi connectivity index (χ2n) is 8.00. The Morgan fingerprint density at radius 1 is 1.09 bits per heavy atom. The smallest absolute Gasteiger partial charge is 0.328 e. The molecule has 0 fully saturated rings. The molecular weight excluding hydrogens is 452 g/mol. The number of nitrogens with zero attached hydrogens (tertiary/aromatic N) is 1. The van der Waals surface area contributed by atoms with Crippen LogP contribution in [0.2, 0.25) is 0 Å². The van der Waals surface area contributed by atoms with Crippen LogP contribution in [0.1, 0.15) is 32.4 Å². The number of hydrogen-bond donors (Lipinski definition) is 7. The summed E-state index contributed by atoms with van der Waals surface area (Å²) in [6.45, 7) is 3.05. The highest BCUT2D eigenvalue weighted by Crippen LogP contribution is 2.07. The maximum absolute atomic E-state index is 13.0. The predicted molar refractivity (Wildman–Crippen MR) is 123 cm³/mol. The lowest BCUT2D eigenvalue weighted by molar-refractivity contribution is -0.143. The normalized spacial score (nSPS) is 14.7. The van der Waals surface area contributed by atoms with E-state index < -0.39 is 54.5 Å². The van der Waals surface area contributed by atoms with Crippen LogP contribution in [0.15, 0.2) is 12.5 Å². The van der Waals surface area contributed by atoms with Crippen molar-refractivity contribution in [2.45, 2.75) is 57.3 Å². The largest absolute Gasteiger partial charge is 0.480 e. The van der Waals surface area contributed by atoms with Gasteiger partial charge in [-0.3, -0.25) is 14.4 Å². The summed E-state index contributed by atoms with van der Waals surface area (Å²) >= 11 is 1.49. The zero-order valence-electron chi connectivity index (χ0n) is 19.0. The Bertz CT molecular complexity index is 775. The van der Waals surface area contributed by atoms with Gasteiger partial charge in [0, 0.05) is 18.3 Å². The number of nitrogens with one attached hydrogen (secondary N) is 4. The van der Waals surface area contributed by atoms with Gasteiger partial charge in [-0.25, -0.2) is 9.78 Å². The van der Waals surface area contributed by atoms with E-state index in [2.05, 4.69) is 25.9 Å². The van der Waals surface area contributed by atoms with Gasteiger partial charge in [0.15, 0.2) is 0 Å². The summed E-state index contributed by atoms with van der Waals surface area (Å²) in [7, 11) is 0. The lowest BCUT2D eigenvalue weighted by atomic mass is 10.0. The number of rotatable bonds is 15. The minimum absolute atomic E-state index is 0.00853. The van der Waals surface area contributed by atoms with Crippen molar-refractivity contribution in [3.63, 3.8) is 0 Å². The Kier molecular flexibility index (Phi) is 12.5. The van der Waals surface area contributed by atoms with Crippen LogP contribution in [0.3, 0.4) is 0 Å². The molecule has 1 heterocycles. The van der Waals surface area contributed by atoms with Gasteiger partial charge in [-0.05, 0) is 30.8 Å². The summed E-state index contributed by atoms with van der Waals surface area (Å²) in [5.41, 5.74) is 6.45. The Morgan fingerprint density at radius 2 is 1.70 bits per heavy atom. The monoisotopic (exact) mass is 486 g/mol.